The topological polar surface area (TPSA) is 21.3 Å². The molecule has 94 valence electrons. The molecule has 1 aromatic rings. The highest BCUT2D eigenvalue weighted by molar-refractivity contribution is 5.30. The summed E-state index contributed by atoms with van der Waals surface area (Å²) >= 11 is 0. The third kappa shape index (κ3) is 3.47. The van der Waals surface area contributed by atoms with Gasteiger partial charge in [-0.15, -0.1) is 0 Å². The van der Waals surface area contributed by atoms with E-state index in [1.165, 1.54) is 18.4 Å². The van der Waals surface area contributed by atoms with Crippen LogP contribution >= 0.6 is 0 Å². The van der Waals surface area contributed by atoms with Crippen LogP contribution in [0.4, 0.5) is 0 Å². The molecule has 0 spiro atoms. The molecule has 2 unspecified atom stereocenters. The van der Waals surface area contributed by atoms with Crippen LogP contribution in [0.25, 0.3) is 0 Å². The minimum Gasteiger partial charge on any atom is -0.494 e. The number of rotatable bonds is 4. The van der Waals surface area contributed by atoms with Crippen molar-refractivity contribution >= 4 is 0 Å². The van der Waals surface area contributed by atoms with Crippen molar-refractivity contribution in [3.05, 3.63) is 29.8 Å². The Kier molecular flexibility index (Phi) is 4.43. The molecule has 17 heavy (non-hydrogen) atoms. The van der Waals surface area contributed by atoms with Gasteiger partial charge in [0.05, 0.1) is 6.61 Å². The van der Waals surface area contributed by atoms with Crippen LogP contribution in [-0.4, -0.2) is 19.2 Å². The summed E-state index contributed by atoms with van der Waals surface area (Å²) in [6, 6.07) is 9.31. The molecule has 0 aliphatic carbocycles. The Bertz CT molecular complexity index is 325. The third-order valence-corrected chi connectivity index (χ3v) is 3.49. The molecule has 1 heterocycles. The lowest BCUT2D eigenvalue weighted by Gasteiger charge is -2.28. The molecule has 1 aromatic carbocycles. The number of hydrogen-bond donors (Lipinski definition) is 1. The molecule has 0 amide bonds. The number of nitrogens with one attached hydrogen (secondary N) is 1. The van der Waals surface area contributed by atoms with Crippen molar-refractivity contribution in [1.82, 2.24) is 5.32 Å². The molecule has 1 N–H and O–H groups in total. The molecule has 2 atom stereocenters. The average molecular weight is 233 g/mol. The van der Waals surface area contributed by atoms with Gasteiger partial charge in [-0.2, -0.15) is 0 Å². The van der Waals surface area contributed by atoms with Crippen molar-refractivity contribution in [2.24, 2.45) is 0 Å². The standard InChI is InChI=1S/C15H23NO/c1-3-10-17-15-8-6-13(7-9-15)14-5-4-12(2)16-11-14/h6-9,12,14,16H,3-5,10-11H2,1-2H3. The van der Waals surface area contributed by atoms with Gasteiger partial charge < -0.3 is 10.1 Å². The predicted molar refractivity (Wildman–Crippen MR) is 71.7 cm³/mol. The molecule has 0 saturated carbocycles. The third-order valence-electron chi connectivity index (χ3n) is 3.49. The average Bonchev–Trinajstić information content (AvgIpc) is 2.38. The van der Waals surface area contributed by atoms with Crippen LogP contribution in [0.2, 0.25) is 0 Å². The number of benzene rings is 1. The van der Waals surface area contributed by atoms with Gasteiger partial charge in [0.15, 0.2) is 0 Å². The molecule has 2 heteroatoms. The Hall–Kier alpha value is -1.02. The van der Waals surface area contributed by atoms with Gasteiger partial charge in [-0.05, 0) is 49.8 Å². The maximum atomic E-state index is 5.60. The minimum absolute atomic E-state index is 0.673. The summed E-state index contributed by atoms with van der Waals surface area (Å²) in [5, 5.41) is 3.55. The molecule has 1 aliphatic heterocycles. The first-order chi connectivity index (χ1) is 8.29. The second-order valence-corrected chi connectivity index (χ2v) is 5.00. The normalized spacial score (nSPS) is 24.6. The van der Waals surface area contributed by atoms with Gasteiger partial charge in [-0.25, -0.2) is 0 Å². The van der Waals surface area contributed by atoms with Crippen molar-refractivity contribution in [1.29, 1.82) is 0 Å². The van der Waals surface area contributed by atoms with Gasteiger partial charge in [0.2, 0.25) is 0 Å². The van der Waals surface area contributed by atoms with E-state index in [9.17, 15) is 0 Å². The number of piperidine rings is 1. The fourth-order valence-corrected chi connectivity index (χ4v) is 2.34. The maximum Gasteiger partial charge on any atom is 0.119 e. The van der Waals surface area contributed by atoms with E-state index in [2.05, 4.69) is 43.4 Å². The molecule has 1 aliphatic rings. The molecule has 0 bridgehead atoms. The molecule has 0 aromatic heterocycles. The zero-order valence-corrected chi connectivity index (χ0v) is 10.9. The first-order valence-electron chi connectivity index (χ1n) is 6.75. The molecule has 2 rings (SSSR count). The second kappa shape index (κ2) is 6.06. The van der Waals surface area contributed by atoms with Crippen molar-refractivity contribution in [3.63, 3.8) is 0 Å². The Labute approximate surface area is 104 Å². The first-order valence-corrected chi connectivity index (χ1v) is 6.75. The fraction of sp³-hybridized carbons (Fsp3) is 0.600. The van der Waals surface area contributed by atoms with E-state index in [0.717, 1.165) is 25.3 Å². The SMILES string of the molecule is CCCOc1ccc(C2CCC(C)NC2)cc1. The largest absolute Gasteiger partial charge is 0.494 e. The monoisotopic (exact) mass is 233 g/mol. The second-order valence-electron chi connectivity index (χ2n) is 5.00. The van der Waals surface area contributed by atoms with E-state index in [0.29, 0.717) is 12.0 Å². The van der Waals surface area contributed by atoms with E-state index in [-0.39, 0.29) is 0 Å². The number of hydrogen-bond acceptors (Lipinski definition) is 2. The highest BCUT2D eigenvalue weighted by Crippen LogP contribution is 2.26. The summed E-state index contributed by atoms with van der Waals surface area (Å²) < 4.78 is 5.60. The van der Waals surface area contributed by atoms with E-state index < -0.39 is 0 Å². The van der Waals surface area contributed by atoms with Crippen molar-refractivity contribution in [2.75, 3.05) is 13.2 Å². The highest BCUT2D eigenvalue weighted by Gasteiger charge is 2.18. The Morgan fingerprint density at radius 2 is 2.00 bits per heavy atom. The summed E-state index contributed by atoms with van der Waals surface area (Å²) in [6.07, 6.45) is 3.63. The molecular weight excluding hydrogens is 210 g/mol. The van der Waals surface area contributed by atoms with Crippen LogP contribution in [0.15, 0.2) is 24.3 Å². The van der Waals surface area contributed by atoms with Crippen LogP contribution in [-0.2, 0) is 0 Å². The zero-order valence-electron chi connectivity index (χ0n) is 10.9. The summed E-state index contributed by atoms with van der Waals surface area (Å²) in [7, 11) is 0. The van der Waals surface area contributed by atoms with Gasteiger partial charge >= 0.3 is 0 Å². The molecule has 1 saturated heterocycles. The van der Waals surface area contributed by atoms with E-state index in [4.69, 9.17) is 4.74 Å². The fourth-order valence-electron chi connectivity index (χ4n) is 2.34. The smallest absolute Gasteiger partial charge is 0.119 e. The van der Waals surface area contributed by atoms with Crippen LogP contribution in [0.1, 0.15) is 44.6 Å². The summed E-state index contributed by atoms with van der Waals surface area (Å²) in [5.74, 6) is 1.67. The Balaban J connectivity index is 1.93. The van der Waals surface area contributed by atoms with Gasteiger partial charge in [0, 0.05) is 12.6 Å². The van der Waals surface area contributed by atoms with E-state index in [1.807, 2.05) is 0 Å². The van der Waals surface area contributed by atoms with E-state index >= 15 is 0 Å². The Morgan fingerprint density at radius 1 is 1.24 bits per heavy atom. The molecular formula is C15H23NO. The maximum absolute atomic E-state index is 5.60. The highest BCUT2D eigenvalue weighted by atomic mass is 16.5. The van der Waals surface area contributed by atoms with Crippen LogP contribution in [0, 0.1) is 0 Å². The first kappa shape index (κ1) is 12.4. The predicted octanol–water partition coefficient (Wildman–Crippen LogP) is 3.33. The van der Waals surface area contributed by atoms with Gasteiger partial charge in [0.1, 0.15) is 5.75 Å². The number of ether oxygens (including phenoxy) is 1. The van der Waals surface area contributed by atoms with Gasteiger partial charge in [-0.1, -0.05) is 19.1 Å². The Morgan fingerprint density at radius 3 is 2.59 bits per heavy atom. The van der Waals surface area contributed by atoms with E-state index in [1.54, 1.807) is 0 Å². The lowest BCUT2D eigenvalue weighted by atomic mass is 9.89. The summed E-state index contributed by atoms with van der Waals surface area (Å²) in [6.45, 7) is 6.30. The molecule has 2 nitrogen and oxygen atoms in total. The lowest BCUT2D eigenvalue weighted by molar-refractivity contribution is 0.317. The molecule has 0 radical (unpaired) electrons. The summed E-state index contributed by atoms with van der Waals surface area (Å²) in [5.41, 5.74) is 1.44. The zero-order chi connectivity index (χ0) is 12.1. The van der Waals surface area contributed by atoms with Crippen molar-refractivity contribution < 1.29 is 4.74 Å². The minimum atomic E-state index is 0.673. The van der Waals surface area contributed by atoms with Crippen LogP contribution in [0.3, 0.4) is 0 Å². The lowest BCUT2D eigenvalue weighted by Crippen LogP contribution is -2.35. The summed E-state index contributed by atoms with van der Waals surface area (Å²) in [4.78, 5) is 0. The van der Waals surface area contributed by atoms with Gasteiger partial charge in [0.25, 0.3) is 0 Å². The van der Waals surface area contributed by atoms with Crippen molar-refractivity contribution in [2.45, 2.75) is 45.1 Å². The molecule has 1 fully saturated rings. The van der Waals surface area contributed by atoms with Crippen LogP contribution < -0.4 is 10.1 Å². The quantitative estimate of drug-likeness (QED) is 0.861. The van der Waals surface area contributed by atoms with Gasteiger partial charge in [-0.3, -0.25) is 0 Å². The van der Waals surface area contributed by atoms with Crippen molar-refractivity contribution in [3.8, 4) is 5.75 Å². The van der Waals surface area contributed by atoms with Crippen LogP contribution in [0.5, 0.6) is 5.75 Å².